The van der Waals surface area contributed by atoms with E-state index in [1.165, 1.54) is 0 Å². The highest BCUT2D eigenvalue weighted by molar-refractivity contribution is 5.74. The van der Waals surface area contributed by atoms with Gasteiger partial charge in [-0.2, -0.15) is 0 Å². The Bertz CT molecular complexity index is 147. The minimum absolute atomic E-state index is 0.199. The zero-order valence-corrected chi connectivity index (χ0v) is 6.26. The predicted molar refractivity (Wildman–Crippen MR) is 35.7 cm³/mol. The van der Waals surface area contributed by atoms with Crippen LogP contribution in [0.3, 0.4) is 0 Å². The molecule has 0 amide bonds. The van der Waals surface area contributed by atoms with Crippen LogP contribution in [0.25, 0.3) is 0 Å². The average Bonchev–Trinajstić information content (AvgIpc) is 1.57. The van der Waals surface area contributed by atoms with Crippen LogP contribution in [0.5, 0.6) is 0 Å². The van der Waals surface area contributed by atoms with Crippen LogP contribution in [0.4, 0.5) is 0 Å². The van der Waals surface area contributed by atoms with Gasteiger partial charge in [-0.05, 0) is 13.8 Å². The van der Waals surface area contributed by atoms with Crippen LogP contribution in [-0.4, -0.2) is 24.3 Å². The molecule has 1 rings (SSSR count). The maximum atomic E-state index is 10.6. The van der Waals surface area contributed by atoms with E-state index >= 15 is 0 Å². The van der Waals surface area contributed by atoms with Gasteiger partial charge in [-0.1, -0.05) is 0 Å². The van der Waals surface area contributed by atoms with E-state index in [9.17, 15) is 4.79 Å². The number of aliphatic carboxylic acids is 1. The van der Waals surface area contributed by atoms with Gasteiger partial charge in [0.1, 0.15) is 0 Å². The molecule has 1 heterocycles. The maximum Gasteiger partial charge on any atom is 0.309 e. The number of hydrogen-bond donors (Lipinski definition) is 1. The molecule has 0 aromatic rings. The molecule has 0 spiro atoms. The molecule has 1 N–H and O–H groups in total. The van der Waals surface area contributed by atoms with Crippen molar-refractivity contribution in [1.29, 1.82) is 0 Å². The summed E-state index contributed by atoms with van der Waals surface area (Å²) < 4.78 is 4.91. The van der Waals surface area contributed by atoms with Crippen LogP contribution in [0.2, 0.25) is 0 Å². The smallest absolute Gasteiger partial charge is 0.309 e. The molecule has 0 unspecified atom stereocenters. The van der Waals surface area contributed by atoms with Crippen molar-refractivity contribution in [2.75, 3.05) is 13.2 Å². The average molecular weight is 144 g/mol. The van der Waals surface area contributed by atoms with Gasteiger partial charge in [0.15, 0.2) is 0 Å². The first-order valence-electron chi connectivity index (χ1n) is 3.36. The van der Waals surface area contributed by atoms with Gasteiger partial charge in [-0.25, -0.2) is 0 Å². The molecule has 0 aromatic heterocycles. The van der Waals surface area contributed by atoms with Crippen LogP contribution in [0.1, 0.15) is 13.8 Å². The first kappa shape index (κ1) is 7.54. The molecular weight excluding hydrogens is 132 g/mol. The Morgan fingerprint density at radius 1 is 1.60 bits per heavy atom. The van der Waals surface area contributed by atoms with Crippen LogP contribution >= 0.6 is 0 Å². The summed E-state index contributed by atoms with van der Waals surface area (Å²) in [6, 6.07) is 0. The molecule has 0 aromatic carbocycles. The topological polar surface area (TPSA) is 46.5 Å². The third-order valence-corrected chi connectivity index (χ3v) is 2.21. The van der Waals surface area contributed by atoms with Gasteiger partial charge in [0.05, 0.1) is 18.6 Å². The molecule has 10 heavy (non-hydrogen) atoms. The molecule has 1 aliphatic heterocycles. The van der Waals surface area contributed by atoms with Crippen molar-refractivity contribution in [2.24, 2.45) is 11.3 Å². The van der Waals surface area contributed by atoms with Crippen molar-refractivity contribution in [3.63, 3.8) is 0 Å². The molecular formula is C7H12O3. The van der Waals surface area contributed by atoms with Crippen LogP contribution in [0.15, 0.2) is 0 Å². The molecule has 0 radical (unpaired) electrons. The first-order valence-corrected chi connectivity index (χ1v) is 3.36. The Hall–Kier alpha value is -0.570. The van der Waals surface area contributed by atoms with Crippen molar-refractivity contribution in [3.05, 3.63) is 0 Å². The van der Waals surface area contributed by atoms with Gasteiger partial charge < -0.3 is 9.84 Å². The predicted octanol–water partition coefficient (Wildman–Crippen LogP) is 0.744. The number of carbonyl (C=O) groups is 1. The molecule has 58 valence electrons. The largest absolute Gasteiger partial charge is 0.481 e. The summed E-state index contributed by atoms with van der Waals surface area (Å²) in [5.41, 5.74) is -0.613. The van der Waals surface area contributed by atoms with Gasteiger partial charge in [0, 0.05) is 5.92 Å². The van der Waals surface area contributed by atoms with Gasteiger partial charge in [0.2, 0.25) is 0 Å². The lowest BCUT2D eigenvalue weighted by molar-refractivity contribution is -0.163. The van der Waals surface area contributed by atoms with Crippen molar-refractivity contribution >= 4 is 5.97 Å². The minimum Gasteiger partial charge on any atom is -0.481 e. The number of rotatable bonds is 2. The molecule has 1 saturated heterocycles. The normalized spacial score (nSPS) is 20.2. The molecule has 3 heteroatoms. The zero-order chi connectivity index (χ0) is 7.78. The third-order valence-electron chi connectivity index (χ3n) is 2.21. The summed E-state index contributed by atoms with van der Waals surface area (Å²) in [5.74, 6) is -0.536. The Morgan fingerprint density at radius 2 is 2.10 bits per heavy atom. The van der Waals surface area contributed by atoms with Gasteiger partial charge in [-0.15, -0.1) is 0 Å². The number of carboxylic acid groups (broad SMARTS) is 1. The fraction of sp³-hybridized carbons (Fsp3) is 0.857. The number of ether oxygens (including phenoxy) is 1. The fourth-order valence-corrected chi connectivity index (χ4v) is 0.827. The van der Waals surface area contributed by atoms with Crippen molar-refractivity contribution in [3.8, 4) is 0 Å². The van der Waals surface area contributed by atoms with E-state index in [-0.39, 0.29) is 5.92 Å². The summed E-state index contributed by atoms with van der Waals surface area (Å²) in [6.45, 7) is 4.67. The first-order chi connectivity index (χ1) is 4.55. The summed E-state index contributed by atoms with van der Waals surface area (Å²) in [4.78, 5) is 10.6. The Morgan fingerprint density at radius 3 is 2.20 bits per heavy atom. The van der Waals surface area contributed by atoms with E-state index in [1.54, 1.807) is 13.8 Å². The van der Waals surface area contributed by atoms with Gasteiger partial charge in [0.25, 0.3) is 0 Å². The molecule has 0 atom stereocenters. The van der Waals surface area contributed by atoms with E-state index in [2.05, 4.69) is 0 Å². The standard InChI is InChI=1S/C7H12O3/c1-7(2,6(8)9)5-3-10-4-5/h5H,3-4H2,1-2H3,(H,8,9). The molecule has 0 saturated carbocycles. The quantitative estimate of drug-likeness (QED) is 0.621. The van der Waals surface area contributed by atoms with Crippen LogP contribution in [0, 0.1) is 11.3 Å². The minimum atomic E-state index is -0.735. The second-order valence-electron chi connectivity index (χ2n) is 3.26. The summed E-state index contributed by atoms with van der Waals surface area (Å²) in [5, 5.41) is 8.72. The molecule has 3 nitrogen and oxygen atoms in total. The van der Waals surface area contributed by atoms with E-state index in [0.717, 1.165) is 0 Å². The second-order valence-corrected chi connectivity index (χ2v) is 3.26. The highest BCUT2D eigenvalue weighted by Gasteiger charge is 2.40. The molecule has 0 aliphatic carbocycles. The molecule has 0 bridgehead atoms. The lowest BCUT2D eigenvalue weighted by atomic mass is 9.78. The Kier molecular flexibility index (Phi) is 1.68. The monoisotopic (exact) mass is 144 g/mol. The lowest BCUT2D eigenvalue weighted by Crippen LogP contribution is -2.44. The zero-order valence-electron chi connectivity index (χ0n) is 6.26. The van der Waals surface area contributed by atoms with E-state index < -0.39 is 11.4 Å². The van der Waals surface area contributed by atoms with Crippen molar-refractivity contribution in [2.45, 2.75) is 13.8 Å². The summed E-state index contributed by atoms with van der Waals surface area (Å²) >= 11 is 0. The number of hydrogen-bond acceptors (Lipinski definition) is 2. The van der Waals surface area contributed by atoms with Crippen LogP contribution in [-0.2, 0) is 9.53 Å². The summed E-state index contributed by atoms with van der Waals surface area (Å²) in [7, 11) is 0. The SMILES string of the molecule is CC(C)(C(=O)O)C1COC1. The van der Waals surface area contributed by atoms with Crippen molar-refractivity contribution < 1.29 is 14.6 Å². The van der Waals surface area contributed by atoms with E-state index in [0.29, 0.717) is 13.2 Å². The highest BCUT2D eigenvalue weighted by atomic mass is 16.5. The lowest BCUT2D eigenvalue weighted by Gasteiger charge is -2.36. The Labute approximate surface area is 60.0 Å². The summed E-state index contributed by atoms with van der Waals surface area (Å²) in [6.07, 6.45) is 0. The second kappa shape index (κ2) is 2.23. The van der Waals surface area contributed by atoms with Crippen molar-refractivity contribution in [1.82, 2.24) is 0 Å². The molecule has 1 fully saturated rings. The third kappa shape index (κ3) is 1.01. The maximum absolute atomic E-state index is 10.6. The number of carboxylic acids is 1. The van der Waals surface area contributed by atoms with E-state index in [4.69, 9.17) is 9.84 Å². The Balaban J connectivity index is 2.57. The fourth-order valence-electron chi connectivity index (χ4n) is 0.827. The molecule has 1 aliphatic rings. The highest BCUT2D eigenvalue weighted by Crippen LogP contribution is 2.32. The van der Waals surface area contributed by atoms with Gasteiger partial charge >= 0.3 is 5.97 Å². The van der Waals surface area contributed by atoms with Crippen LogP contribution < -0.4 is 0 Å². The van der Waals surface area contributed by atoms with Gasteiger partial charge in [-0.3, -0.25) is 4.79 Å². The van der Waals surface area contributed by atoms with E-state index in [1.807, 2.05) is 0 Å².